The van der Waals surface area contributed by atoms with E-state index in [1.165, 1.54) is 0 Å². The summed E-state index contributed by atoms with van der Waals surface area (Å²) in [6.45, 7) is 8.49. The number of rotatable bonds is 3. The standard InChI is InChI=1S/C21H26N2O4/c1-5-26-19(24)17-14-23(15-9-7-6-8-10-15)18-11-12-22(13-16(17)18)20(25)27-21(2,3)4/h6-10,14H,5,11-13H2,1-4H3. The molecular formula is C21H26N2O4. The van der Waals surface area contributed by atoms with Crippen molar-refractivity contribution < 1.29 is 19.1 Å². The number of aromatic nitrogens is 1. The lowest BCUT2D eigenvalue weighted by Gasteiger charge is -2.31. The Hall–Kier alpha value is -2.76. The number of benzene rings is 1. The zero-order valence-electron chi connectivity index (χ0n) is 16.3. The van der Waals surface area contributed by atoms with Crippen molar-refractivity contribution in [3.8, 4) is 5.69 Å². The zero-order chi connectivity index (χ0) is 19.6. The molecule has 0 spiro atoms. The van der Waals surface area contributed by atoms with Crippen LogP contribution in [0.25, 0.3) is 5.69 Å². The van der Waals surface area contributed by atoms with Crippen molar-refractivity contribution in [2.45, 2.75) is 46.3 Å². The van der Waals surface area contributed by atoms with Crippen LogP contribution in [-0.4, -0.2) is 40.3 Å². The first-order chi connectivity index (χ1) is 12.8. The molecule has 6 heteroatoms. The SMILES string of the molecule is CCOC(=O)c1cn(-c2ccccc2)c2c1CN(C(=O)OC(C)(C)C)CC2. The van der Waals surface area contributed by atoms with Crippen molar-refractivity contribution in [2.24, 2.45) is 0 Å². The minimum Gasteiger partial charge on any atom is -0.462 e. The minimum absolute atomic E-state index is 0.305. The van der Waals surface area contributed by atoms with Crippen LogP contribution in [0.15, 0.2) is 36.5 Å². The van der Waals surface area contributed by atoms with Crippen LogP contribution in [0.3, 0.4) is 0 Å². The van der Waals surface area contributed by atoms with Crippen molar-refractivity contribution in [3.63, 3.8) is 0 Å². The third-order valence-electron chi connectivity index (χ3n) is 4.37. The van der Waals surface area contributed by atoms with Crippen LogP contribution in [0.5, 0.6) is 0 Å². The molecule has 0 radical (unpaired) electrons. The summed E-state index contributed by atoms with van der Waals surface area (Å²) in [6, 6.07) is 9.87. The van der Waals surface area contributed by atoms with E-state index in [9.17, 15) is 9.59 Å². The van der Waals surface area contributed by atoms with Gasteiger partial charge in [0.25, 0.3) is 0 Å². The fraction of sp³-hybridized carbons (Fsp3) is 0.429. The average molecular weight is 370 g/mol. The molecule has 1 aliphatic rings. The van der Waals surface area contributed by atoms with Gasteiger partial charge in [-0.05, 0) is 39.8 Å². The summed E-state index contributed by atoms with van der Waals surface area (Å²) in [5.74, 6) is -0.366. The molecule has 0 aliphatic carbocycles. The number of hydrogen-bond acceptors (Lipinski definition) is 4. The Labute approximate surface area is 159 Å². The van der Waals surface area contributed by atoms with E-state index in [-0.39, 0.29) is 12.1 Å². The van der Waals surface area contributed by atoms with Gasteiger partial charge >= 0.3 is 12.1 Å². The quantitative estimate of drug-likeness (QED) is 0.768. The Kier molecular flexibility index (Phi) is 5.26. The first-order valence-electron chi connectivity index (χ1n) is 9.23. The summed E-state index contributed by atoms with van der Waals surface area (Å²) in [5.41, 5.74) is 2.79. The molecule has 144 valence electrons. The molecule has 0 saturated carbocycles. The zero-order valence-corrected chi connectivity index (χ0v) is 16.3. The maximum Gasteiger partial charge on any atom is 0.410 e. The van der Waals surface area contributed by atoms with Gasteiger partial charge in [0.15, 0.2) is 0 Å². The van der Waals surface area contributed by atoms with Gasteiger partial charge in [0.1, 0.15) is 5.60 Å². The van der Waals surface area contributed by atoms with Gasteiger partial charge in [0.2, 0.25) is 0 Å². The van der Waals surface area contributed by atoms with Crippen LogP contribution in [-0.2, 0) is 22.4 Å². The summed E-state index contributed by atoms with van der Waals surface area (Å²) in [7, 11) is 0. The van der Waals surface area contributed by atoms with E-state index in [4.69, 9.17) is 9.47 Å². The van der Waals surface area contributed by atoms with Crippen molar-refractivity contribution in [1.29, 1.82) is 0 Å². The van der Waals surface area contributed by atoms with Crippen LogP contribution >= 0.6 is 0 Å². The summed E-state index contributed by atoms with van der Waals surface area (Å²) in [5, 5.41) is 0. The van der Waals surface area contributed by atoms with Gasteiger partial charge in [-0.2, -0.15) is 0 Å². The third-order valence-corrected chi connectivity index (χ3v) is 4.37. The fourth-order valence-corrected chi connectivity index (χ4v) is 3.23. The number of ether oxygens (including phenoxy) is 2. The Morgan fingerprint density at radius 2 is 1.85 bits per heavy atom. The van der Waals surface area contributed by atoms with Crippen LogP contribution in [0.2, 0.25) is 0 Å². The van der Waals surface area contributed by atoms with E-state index in [2.05, 4.69) is 0 Å². The van der Waals surface area contributed by atoms with Crippen LogP contribution in [0, 0.1) is 0 Å². The minimum atomic E-state index is -0.558. The van der Waals surface area contributed by atoms with Gasteiger partial charge in [-0.1, -0.05) is 18.2 Å². The van der Waals surface area contributed by atoms with Crippen molar-refractivity contribution >= 4 is 12.1 Å². The molecule has 1 aliphatic heterocycles. The number of amides is 1. The number of carbonyl (C=O) groups is 2. The van der Waals surface area contributed by atoms with E-state index in [0.29, 0.717) is 31.7 Å². The molecule has 0 fully saturated rings. The summed E-state index contributed by atoms with van der Waals surface area (Å²) in [4.78, 5) is 26.6. The molecule has 1 aromatic carbocycles. The molecule has 0 unspecified atom stereocenters. The van der Waals surface area contributed by atoms with Crippen LogP contribution in [0.4, 0.5) is 4.79 Å². The molecule has 0 saturated heterocycles. The van der Waals surface area contributed by atoms with E-state index in [1.54, 1.807) is 11.8 Å². The Balaban J connectivity index is 1.97. The maximum atomic E-state index is 12.5. The first kappa shape index (κ1) is 19.0. The lowest BCUT2D eigenvalue weighted by atomic mass is 10.0. The van der Waals surface area contributed by atoms with Crippen molar-refractivity contribution in [1.82, 2.24) is 9.47 Å². The molecule has 3 rings (SSSR count). The number of para-hydroxylation sites is 1. The normalized spacial score (nSPS) is 13.9. The van der Waals surface area contributed by atoms with E-state index >= 15 is 0 Å². The van der Waals surface area contributed by atoms with Crippen LogP contribution < -0.4 is 0 Å². The summed E-state index contributed by atoms with van der Waals surface area (Å²) in [6.07, 6.45) is 2.09. The second-order valence-electron chi connectivity index (χ2n) is 7.55. The van der Waals surface area contributed by atoms with Gasteiger partial charge < -0.3 is 18.9 Å². The number of esters is 1. The molecular weight excluding hydrogens is 344 g/mol. The predicted octanol–water partition coefficient (Wildman–Crippen LogP) is 3.95. The van der Waals surface area contributed by atoms with Gasteiger partial charge in [-0.3, -0.25) is 0 Å². The van der Waals surface area contributed by atoms with Gasteiger partial charge in [0.05, 0.1) is 18.7 Å². The molecule has 2 aromatic rings. The number of nitrogens with zero attached hydrogens (tertiary/aromatic N) is 2. The third kappa shape index (κ3) is 4.15. The molecule has 1 amide bonds. The van der Waals surface area contributed by atoms with Gasteiger partial charge in [-0.25, -0.2) is 9.59 Å². The topological polar surface area (TPSA) is 60.8 Å². The van der Waals surface area contributed by atoms with Crippen molar-refractivity contribution in [3.05, 3.63) is 53.3 Å². The monoisotopic (exact) mass is 370 g/mol. The molecule has 1 aromatic heterocycles. The van der Waals surface area contributed by atoms with Crippen LogP contribution in [0.1, 0.15) is 49.3 Å². The lowest BCUT2D eigenvalue weighted by Crippen LogP contribution is -2.40. The second kappa shape index (κ2) is 7.47. The largest absolute Gasteiger partial charge is 0.462 e. The van der Waals surface area contributed by atoms with Gasteiger partial charge in [-0.15, -0.1) is 0 Å². The predicted molar refractivity (Wildman–Crippen MR) is 102 cm³/mol. The van der Waals surface area contributed by atoms with Crippen molar-refractivity contribution in [2.75, 3.05) is 13.2 Å². The highest BCUT2D eigenvalue weighted by Gasteiger charge is 2.31. The Morgan fingerprint density at radius 1 is 1.15 bits per heavy atom. The highest BCUT2D eigenvalue weighted by molar-refractivity contribution is 5.92. The Morgan fingerprint density at radius 3 is 2.48 bits per heavy atom. The first-order valence-corrected chi connectivity index (χ1v) is 9.23. The highest BCUT2D eigenvalue weighted by atomic mass is 16.6. The Bertz CT molecular complexity index is 834. The van der Waals surface area contributed by atoms with E-state index < -0.39 is 5.60 Å². The molecule has 6 nitrogen and oxygen atoms in total. The number of carbonyl (C=O) groups excluding carboxylic acids is 2. The molecule has 2 heterocycles. The number of fused-ring (bicyclic) bond motifs is 1. The molecule has 27 heavy (non-hydrogen) atoms. The maximum absolute atomic E-state index is 12.5. The second-order valence-corrected chi connectivity index (χ2v) is 7.55. The average Bonchev–Trinajstić information content (AvgIpc) is 3.00. The van der Waals surface area contributed by atoms with E-state index in [0.717, 1.165) is 16.9 Å². The van der Waals surface area contributed by atoms with E-state index in [1.807, 2.05) is 61.9 Å². The molecule has 0 bridgehead atoms. The summed E-state index contributed by atoms with van der Waals surface area (Å²) < 4.78 is 12.7. The summed E-state index contributed by atoms with van der Waals surface area (Å²) >= 11 is 0. The number of hydrogen-bond donors (Lipinski definition) is 0. The fourth-order valence-electron chi connectivity index (χ4n) is 3.23. The molecule has 0 atom stereocenters. The van der Waals surface area contributed by atoms with Gasteiger partial charge in [0, 0.05) is 36.1 Å². The smallest absolute Gasteiger partial charge is 0.410 e. The molecule has 0 N–H and O–H groups in total. The lowest BCUT2D eigenvalue weighted by molar-refractivity contribution is 0.0219. The highest BCUT2D eigenvalue weighted by Crippen LogP contribution is 2.29.